The average molecular weight is 397 g/mol. The number of carbonyl (C=O) groups excluding carboxylic acids is 2. The molecule has 0 aliphatic heterocycles. The zero-order valence-electron chi connectivity index (χ0n) is 15.6. The molecule has 3 aromatic rings. The number of hydrogen-bond donors (Lipinski definition) is 2. The molecule has 2 N–H and O–H groups in total. The van der Waals surface area contributed by atoms with E-state index in [9.17, 15) is 9.59 Å². The van der Waals surface area contributed by atoms with Gasteiger partial charge in [0, 0.05) is 30.1 Å². The Hall–Kier alpha value is -3.12. The fourth-order valence-electron chi connectivity index (χ4n) is 2.69. The number of rotatable bonds is 6. The SMILES string of the molecule is CC(C)CC(=O)Nc1ccc(NC(=O)/C=C/c2c(Cl)nc3ccccn23)cc1. The van der Waals surface area contributed by atoms with Crippen LogP contribution in [0.15, 0.2) is 54.7 Å². The zero-order valence-corrected chi connectivity index (χ0v) is 16.4. The Morgan fingerprint density at radius 1 is 1.11 bits per heavy atom. The second-order valence-corrected chi connectivity index (χ2v) is 7.12. The van der Waals surface area contributed by atoms with Crippen molar-refractivity contribution in [3.05, 3.63) is 65.6 Å². The Morgan fingerprint density at radius 2 is 1.79 bits per heavy atom. The van der Waals surface area contributed by atoms with Crippen molar-refractivity contribution in [3.8, 4) is 0 Å². The summed E-state index contributed by atoms with van der Waals surface area (Å²) in [4.78, 5) is 28.2. The average Bonchev–Trinajstić information content (AvgIpc) is 2.96. The van der Waals surface area contributed by atoms with Gasteiger partial charge in [0.2, 0.25) is 11.8 Å². The van der Waals surface area contributed by atoms with Crippen molar-refractivity contribution in [2.45, 2.75) is 20.3 Å². The Bertz CT molecular complexity index is 1020. The molecule has 2 amide bonds. The fourth-order valence-corrected chi connectivity index (χ4v) is 2.93. The highest BCUT2D eigenvalue weighted by Gasteiger charge is 2.08. The monoisotopic (exact) mass is 396 g/mol. The quantitative estimate of drug-likeness (QED) is 0.597. The molecule has 0 saturated carbocycles. The van der Waals surface area contributed by atoms with E-state index in [2.05, 4.69) is 15.6 Å². The number of halogens is 1. The molecule has 6 nitrogen and oxygen atoms in total. The topological polar surface area (TPSA) is 75.5 Å². The molecule has 2 aromatic heterocycles. The maximum Gasteiger partial charge on any atom is 0.248 e. The summed E-state index contributed by atoms with van der Waals surface area (Å²) in [5.41, 5.74) is 2.66. The second-order valence-electron chi connectivity index (χ2n) is 6.76. The van der Waals surface area contributed by atoms with Crippen LogP contribution in [0.4, 0.5) is 11.4 Å². The van der Waals surface area contributed by atoms with Gasteiger partial charge in [-0.1, -0.05) is 31.5 Å². The first-order valence-corrected chi connectivity index (χ1v) is 9.32. The van der Waals surface area contributed by atoms with E-state index >= 15 is 0 Å². The van der Waals surface area contributed by atoms with Crippen molar-refractivity contribution in [2.24, 2.45) is 5.92 Å². The van der Waals surface area contributed by atoms with Crippen LogP contribution in [0.5, 0.6) is 0 Å². The summed E-state index contributed by atoms with van der Waals surface area (Å²) < 4.78 is 1.81. The highest BCUT2D eigenvalue weighted by molar-refractivity contribution is 6.31. The van der Waals surface area contributed by atoms with Crippen LogP contribution in [0.2, 0.25) is 5.15 Å². The molecule has 28 heavy (non-hydrogen) atoms. The van der Waals surface area contributed by atoms with Gasteiger partial charge in [-0.25, -0.2) is 4.98 Å². The number of imidazole rings is 1. The lowest BCUT2D eigenvalue weighted by molar-refractivity contribution is -0.117. The third-order valence-corrected chi connectivity index (χ3v) is 4.22. The number of aromatic nitrogens is 2. The van der Waals surface area contributed by atoms with Gasteiger partial charge < -0.3 is 10.6 Å². The van der Waals surface area contributed by atoms with E-state index in [-0.39, 0.29) is 11.8 Å². The van der Waals surface area contributed by atoms with E-state index in [0.29, 0.717) is 40.2 Å². The lowest BCUT2D eigenvalue weighted by atomic mass is 10.1. The molecule has 0 unspecified atom stereocenters. The summed E-state index contributed by atoms with van der Waals surface area (Å²) in [5.74, 6) is -0.0232. The van der Waals surface area contributed by atoms with Crippen molar-refractivity contribution in [3.63, 3.8) is 0 Å². The summed E-state index contributed by atoms with van der Waals surface area (Å²) in [5, 5.41) is 5.93. The lowest BCUT2D eigenvalue weighted by Crippen LogP contribution is -2.14. The molecule has 0 spiro atoms. The minimum atomic E-state index is -0.293. The van der Waals surface area contributed by atoms with Crippen LogP contribution in [0.1, 0.15) is 26.0 Å². The minimum absolute atomic E-state index is 0.0281. The normalized spacial score (nSPS) is 11.3. The van der Waals surface area contributed by atoms with Crippen molar-refractivity contribution >= 4 is 46.5 Å². The smallest absolute Gasteiger partial charge is 0.248 e. The molecule has 3 rings (SSSR count). The van der Waals surface area contributed by atoms with Crippen molar-refractivity contribution in [1.82, 2.24) is 9.38 Å². The maximum atomic E-state index is 12.2. The standard InChI is InChI=1S/C21H21ClN4O2/c1-14(2)13-20(28)24-16-8-6-15(7-9-16)23-19(27)11-10-17-21(22)25-18-5-3-4-12-26(17)18/h3-12,14H,13H2,1-2H3,(H,23,27)(H,24,28)/b11-10+. The highest BCUT2D eigenvalue weighted by Crippen LogP contribution is 2.19. The molecular formula is C21H21ClN4O2. The Morgan fingerprint density at radius 3 is 2.46 bits per heavy atom. The maximum absolute atomic E-state index is 12.2. The number of anilines is 2. The van der Waals surface area contributed by atoms with E-state index in [1.165, 1.54) is 6.08 Å². The number of fused-ring (bicyclic) bond motifs is 1. The first-order valence-electron chi connectivity index (χ1n) is 8.94. The number of hydrogen-bond acceptors (Lipinski definition) is 3. The molecule has 0 aliphatic carbocycles. The van der Waals surface area contributed by atoms with Crippen molar-refractivity contribution in [2.75, 3.05) is 10.6 Å². The summed E-state index contributed by atoms with van der Waals surface area (Å²) in [6, 6.07) is 12.5. The van der Waals surface area contributed by atoms with Crippen molar-refractivity contribution < 1.29 is 9.59 Å². The molecule has 0 bridgehead atoms. The predicted octanol–water partition coefficient (Wildman–Crippen LogP) is 4.62. The van der Waals surface area contributed by atoms with Crippen LogP contribution in [-0.2, 0) is 9.59 Å². The first-order chi connectivity index (χ1) is 13.4. The van der Waals surface area contributed by atoms with Gasteiger partial charge in [-0.3, -0.25) is 14.0 Å². The molecular weight excluding hydrogens is 376 g/mol. The second kappa shape index (κ2) is 8.71. The molecule has 1 aromatic carbocycles. The molecule has 0 radical (unpaired) electrons. The predicted molar refractivity (Wildman–Crippen MR) is 112 cm³/mol. The number of carbonyl (C=O) groups is 2. The van der Waals surface area contributed by atoms with Gasteiger partial charge in [-0.15, -0.1) is 0 Å². The minimum Gasteiger partial charge on any atom is -0.326 e. The Labute approximate surface area is 168 Å². The van der Waals surface area contributed by atoms with Gasteiger partial charge in [0.25, 0.3) is 0 Å². The largest absolute Gasteiger partial charge is 0.326 e. The summed E-state index contributed by atoms with van der Waals surface area (Å²) in [7, 11) is 0. The van der Waals surface area contributed by atoms with Gasteiger partial charge in [-0.2, -0.15) is 0 Å². The Kier molecular flexibility index (Phi) is 6.11. The number of nitrogens with zero attached hydrogens (tertiary/aromatic N) is 2. The zero-order chi connectivity index (χ0) is 20.1. The third-order valence-electron chi connectivity index (χ3n) is 3.94. The van der Waals surface area contributed by atoms with E-state index in [0.717, 1.165) is 0 Å². The third kappa shape index (κ3) is 4.98. The number of pyridine rings is 1. The highest BCUT2D eigenvalue weighted by atomic mass is 35.5. The molecule has 7 heteroatoms. The molecule has 0 saturated heterocycles. The van der Waals surface area contributed by atoms with Gasteiger partial charge >= 0.3 is 0 Å². The first kappa shape index (κ1) is 19.6. The summed E-state index contributed by atoms with van der Waals surface area (Å²) in [6.45, 7) is 3.98. The number of amides is 2. The molecule has 0 atom stereocenters. The number of nitrogens with one attached hydrogen (secondary N) is 2. The fraction of sp³-hybridized carbons (Fsp3) is 0.190. The van der Waals surface area contributed by atoms with Gasteiger partial charge in [0.1, 0.15) is 5.65 Å². The van der Waals surface area contributed by atoms with E-state index < -0.39 is 0 Å². The van der Waals surface area contributed by atoms with Gasteiger partial charge in [-0.05, 0) is 48.4 Å². The van der Waals surface area contributed by atoms with Crippen LogP contribution < -0.4 is 10.6 Å². The molecule has 144 valence electrons. The van der Waals surface area contributed by atoms with E-state index in [1.807, 2.05) is 38.2 Å². The van der Waals surface area contributed by atoms with Gasteiger partial charge in [0.15, 0.2) is 5.15 Å². The van der Waals surface area contributed by atoms with Crippen molar-refractivity contribution in [1.29, 1.82) is 0 Å². The van der Waals surface area contributed by atoms with Crippen LogP contribution in [-0.4, -0.2) is 21.2 Å². The molecule has 0 aliphatic rings. The van der Waals surface area contributed by atoms with E-state index in [4.69, 9.17) is 11.6 Å². The van der Waals surface area contributed by atoms with Crippen LogP contribution >= 0.6 is 11.6 Å². The van der Waals surface area contributed by atoms with Crippen LogP contribution in [0.3, 0.4) is 0 Å². The van der Waals surface area contributed by atoms with Crippen LogP contribution in [0.25, 0.3) is 11.7 Å². The summed E-state index contributed by atoms with van der Waals surface area (Å²) in [6.07, 6.45) is 5.33. The molecule has 0 fully saturated rings. The van der Waals surface area contributed by atoms with Gasteiger partial charge in [0.05, 0.1) is 5.69 Å². The van der Waals surface area contributed by atoms with Crippen LogP contribution in [0, 0.1) is 5.92 Å². The summed E-state index contributed by atoms with van der Waals surface area (Å²) >= 11 is 6.15. The molecule has 2 heterocycles. The van der Waals surface area contributed by atoms with E-state index in [1.54, 1.807) is 34.7 Å². The Balaban J connectivity index is 1.62. The lowest BCUT2D eigenvalue weighted by Gasteiger charge is -2.08. The number of benzene rings is 1.